The second kappa shape index (κ2) is 4.61. The number of nitro groups is 1. The molecule has 7 nitrogen and oxygen atoms in total. The van der Waals surface area contributed by atoms with Crippen LogP contribution in [0.1, 0.15) is 16.8 Å². The van der Waals surface area contributed by atoms with Crippen molar-refractivity contribution in [3.63, 3.8) is 0 Å². The van der Waals surface area contributed by atoms with E-state index in [9.17, 15) is 25.1 Å². The van der Waals surface area contributed by atoms with Crippen molar-refractivity contribution in [3.05, 3.63) is 33.9 Å². The molecule has 7 heteroatoms. The van der Waals surface area contributed by atoms with Crippen LogP contribution in [0.5, 0.6) is 5.75 Å². The van der Waals surface area contributed by atoms with Gasteiger partial charge in [-0.15, -0.1) is 0 Å². The Kier molecular flexibility index (Phi) is 3.15. The van der Waals surface area contributed by atoms with Gasteiger partial charge in [-0.1, -0.05) is 6.07 Å². The van der Waals surface area contributed by atoms with E-state index in [1.807, 2.05) is 0 Å². The van der Waals surface area contributed by atoms with Crippen molar-refractivity contribution in [2.75, 3.05) is 13.1 Å². The van der Waals surface area contributed by atoms with E-state index in [4.69, 9.17) is 0 Å². The van der Waals surface area contributed by atoms with Crippen molar-refractivity contribution in [2.24, 2.45) is 0 Å². The van der Waals surface area contributed by atoms with Crippen molar-refractivity contribution in [3.8, 4) is 5.75 Å². The normalized spacial score (nSPS) is 18.9. The molecule has 0 radical (unpaired) electrons. The number of nitro benzene ring substituents is 1. The number of rotatable bonds is 2. The molecule has 1 atom stereocenters. The molecular formula is C11H12N2O5. The number of aliphatic hydroxyl groups is 1. The van der Waals surface area contributed by atoms with E-state index in [1.54, 1.807) is 0 Å². The van der Waals surface area contributed by atoms with Crippen LogP contribution in [-0.4, -0.2) is 45.1 Å². The van der Waals surface area contributed by atoms with Gasteiger partial charge in [0, 0.05) is 19.2 Å². The topological polar surface area (TPSA) is 104 Å². The molecule has 1 saturated heterocycles. The van der Waals surface area contributed by atoms with Crippen LogP contribution in [0, 0.1) is 10.1 Å². The Hall–Kier alpha value is -2.15. The first-order chi connectivity index (χ1) is 8.50. The van der Waals surface area contributed by atoms with Gasteiger partial charge in [-0.2, -0.15) is 0 Å². The molecule has 0 aromatic heterocycles. The third-order valence-corrected chi connectivity index (χ3v) is 2.89. The number of benzene rings is 1. The first kappa shape index (κ1) is 12.3. The first-order valence-corrected chi connectivity index (χ1v) is 5.44. The highest BCUT2D eigenvalue weighted by molar-refractivity contribution is 5.98. The molecule has 2 rings (SSSR count). The van der Waals surface area contributed by atoms with Crippen molar-refractivity contribution in [1.29, 1.82) is 0 Å². The molecular weight excluding hydrogens is 240 g/mol. The van der Waals surface area contributed by atoms with Gasteiger partial charge >= 0.3 is 5.69 Å². The SMILES string of the molecule is O=C(c1cccc([N+](=O)[O-])c1O)N1CCC(O)C1. The fraction of sp³-hybridized carbons (Fsp3) is 0.364. The summed E-state index contributed by atoms with van der Waals surface area (Å²) in [6.07, 6.45) is -0.101. The number of carbonyl (C=O) groups excluding carboxylic acids is 1. The highest BCUT2D eigenvalue weighted by atomic mass is 16.6. The van der Waals surface area contributed by atoms with E-state index in [0.717, 1.165) is 6.07 Å². The number of β-amino-alcohol motifs (C(OH)–C–C–N with tert-alkyl or cyclic N) is 1. The summed E-state index contributed by atoms with van der Waals surface area (Å²) in [5, 5.41) is 29.7. The van der Waals surface area contributed by atoms with E-state index >= 15 is 0 Å². The average molecular weight is 252 g/mol. The molecule has 18 heavy (non-hydrogen) atoms. The zero-order chi connectivity index (χ0) is 13.3. The Labute approximate surface area is 102 Å². The van der Waals surface area contributed by atoms with Gasteiger partial charge < -0.3 is 15.1 Å². The predicted octanol–water partition coefficient (Wildman–Crippen LogP) is 0.507. The van der Waals surface area contributed by atoms with Gasteiger partial charge in [0.1, 0.15) is 0 Å². The Balaban J connectivity index is 2.31. The lowest BCUT2D eigenvalue weighted by Gasteiger charge is -2.15. The van der Waals surface area contributed by atoms with Crippen LogP contribution in [0.3, 0.4) is 0 Å². The molecule has 0 spiro atoms. The third kappa shape index (κ3) is 2.12. The maximum absolute atomic E-state index is 12.0. The Bertz CT molecular complexity index is 502. The number of aromatic hydroxyl groups is 1. The van der Waals surface area contributed by atoms with E-state index in [-0.39, 0.29) is 12.1 Å². The minimum atomic E-state index is -0.745. The Morgan fingerprint density at radius 3 is 2.78 bits per heavy atom. The highest BCUT2D eigenvalue weighted by Gasteiger charge is 2.29. The minimum Gasteiger partial charge on any atom is -0.502 e. The quantitative estimate of drug-likeness (QED) is 0.589. The highest BCUT2D eigenvalue weighted by Crippen LogP contribution is 2.30. The number of hydrogen-bond acceptors (Lipinski definition) is 5. The van der Waals surface area contributed by atoms with Gasteiger partial charge in [0.25, 0.3) is 5.91 Å². The van der Waals surface area contributed by atoms with Crippen LogP contribution >= 0.6 is 0 Å². The lowest BCUT2D eigenvalue weighted by molar-refractivity contribution is -0.385. The number of para-hydroxylation sites is 1. The van der Waals surface area contributed by atoms with Crippen LogP contribution in [0.2, 0.25) is 0 Å². The summed E-state index contributed by atoms with van der Waals surface area (Å²) in [6, 6.07) is 3.80. The van der Waals surface area contributed by atoms with Crippen molar-refractivity contribution in [1.82, 2.24) is 4.90 Å². The maximum Gasteiger partial charge on any atom is 0.311 e. The Morgan fingerprint density at radius 1 is 1.50 bits per heavy atom. The number of phenols is 1. The predicted molar refractivity (Wildman–Crippen MR) is 61.3 cm³/mol. The van der Waals surface area contributed by atoms with Crippen LogP contribution < -0.4 is 0 Å². The van der Waals surface area contributed by atoms with Gasteiger partial charge in [-0.3, -0.25) is 14.9 Å². The summed E-state index contributed by atoms with van der Waals surface area (Å²) in [6.45, 7) is 0.559. The summed E-state index contributed by atoms with van der Waals surface area (Å²) in [5.74, 6) is -1.14. The van der Waals surface area contributed by atoms with Crippen LogP contribution in [0.15, 0.2) is 18.2 Å². The minimum absolute atomic E-state index is 0.113. The molecule has 1 aliphatic heterocycles. The molecule has 2 N–H and O–H groups in total. The molecule has 96 valence electrons. The summed E-state index contributed by atoms with van der Waals surface area (Å²) in [4.78, 5) is 23.3. The fourth-order valence-corrected chi connectivity index (χ4v) is 1.95. The van der Waals surface area contributed by atoms with Gasteiger partial charge in [-0.05, 0) is 12.5 Å². The van der Waals surface area contributed by atoms with Gasteiger partial charge in [-0.25, -0.2) is 0 Å². The second-order valence-corrected chi connectivity index (χ2v) is 4.12. The van der Waals surface area contributed by atoms with E-state index < -0.39 is 28.4 Å². The van der Waals surface area contributed by atoms with Crippen LogP contribution in [0.25, 0.3) is 0 Å². The smallest absolute Gasteiger partial charge is 0.311 e. The molecule has 0 saturated carbocycles. The van der Waals surface area contributed by atoms with Gasteiger partial charge in [0.2, 0.25) is 5.75 Å². The largest absolute Gasteiger partial charge is 0.502 e. The second-order valence-electron chi connectivity index (χ2n) is 4.12. The zero-order valence-electron chi connectivity index (χ0n) is 9.44. The monoisotopic (exact) mass is 252 g/mol. The lowest BCUT2D eigenvalue weighted by Crippen LogP contribution is -2.29. The third-order valence-electron chi connectivity index (χ3n) is 2.89. The lowest BCUT2D eigenvalue weighted by atomic mass is 10.1. The molecule has 1 unspecified atom stereocenters. The number of hydrogen-bond donors (Lipinski definition) is 2. The summed E-state index contributed by atoms with van der Waals surface area (Å²) in [7, 11) is 0. The standard InChI is InChI=1S/C11H12N2O5/c14-7-4-5-12(6-7)11(16)8-2-1-3-9(10(8)15)13(17)18/h1-3,7,14-15H,4-6H2. The number of nitrogens with zero attached hydrogens (tertiary/aromatic N) is 2. The molecule has 1 aromatic carbocycles. The van der Waals surface area contributed by atoms with Crippen LogP contribution in [0.4, 0.5) is 5.69 Å². The molecule has 1 amide bonds. The van der Waals surface area contributed by atoms with Gasteiger partial charge in [0.05, 0.1) is 16.6 Å². The molecule has 1 aromatic rings. The summed E-state index contributed by atoms with van der Waals surface area (Å²) in [5.41, 5.74) is -0.612. The van der Waals surface area contributed by atoms with Crippen molar-refractivity contribution >= 4 is 11.6 Å². The van der Waals surface area contributed by atoms with E-state index in [2.05, 4.69) is 0 Å². The fourth-order valence-electron chi connectivity index (χ4n) is 1.95. The first-order valence-electron chi connectivity index (χ1n) is 5.44. The molecule has 0 aliphatic carbocycles. The molecule has 0 bridgehead atoms. The van der Waals surface area contributed by atoms with Crippen molar-refractivity contribution in [2.45, 2.75) is 12.5 Å². The number of carbonyl (C=O) groups is 1. The number of phenolic OH excluding ortho intramolecular Hbond substituents is 1. The van der Waals surface area contributed by atoms with Crippen LogP contribution in [-0.2, 0) is 0 Å². The molecule has 1 aliphatic rings. The van der Waals surface area contributed by atoms with E-state index in [1.165, 1.54) is 17.0 Å². The number of amides is 1. The number of likely N-dealkylation sites (tertiary alicyclic amines) is 1. The maximum atomic E-state index is 12.0. The summed E-state index contributed by atoms with van der Waals surface area (Å²) < 4.78 is 0. The van der Waals surface area contributed by atoms with Crippen molar-refractivity contribution < 1.29 is 19.9 Å². The average Bonchev–Trinajstić information content (AvgIpc) is 2.75. The summed E-state index contributed by atoms with van der Waals surface area (Å²) >= 11 is 0. The zero-order valence-corrected chi connectivity index (χ0v) is 9.44. The molecule has 1 fully saturated rings. The molecule has 1 heterocycles. The van der Waals surface area contributed by atoms with E-state index in [0.29, 0.717) is 13.0 Å². The van der Waals surface area contributed by atoms with Gasteiger partial charge in [0.15, 0.2) is 0 Å². The number of aliphatic hydroxyl groups excluding tert-OH is 1. The Morgan fingerprint density at radius 2 is 2.22 bits per heavy atom.